The molecule has 7 rings (SSSR count). The van der Waals surface area contributed by atoms with E-state index in [1.807, 2.05) is 72.8 Å². The summed E-state index contributed by atoms with van der Waals surface area (Å²) in [6, 6.07) is 36.8. The van der Waals surface area contributed by atoms with E-state index in [4.69, 9.17) is 0 Å². The molecule has 39 heavy (non-hydrogen) atoms. The summed E-state index contributed by atoms with van der Waals surface area (Å²) >= 11 is 5.35. The summed E-state index contributed by atoms with van der Waals surface area (Å²) in [5.41, 5.74) is 5.26. The van der Waals surface area contributed by atoms with Crippen molar-refractivity contribution in [2.24, 2.45) is 0 Å². The van der Waals surface area contributed by atoms with E-state index in [0.29, 0.717) is 16.7 Å². The summed E-state index contributed by atoms with van der Waals surface area (Å²) in [4.78, 5) is 3.51. The molecular formula is C33H15N3S3. The smallest absolute Gasteiger partial charge is 0.0991 e. The molecule has 0 fully saturated rings. The standard InChI is InChI=1S/C33H15N3S3/c34-16-19-1-7-22(8-2-19)28-13-25-31(37-28)26-14-29(23-9-3-20(17-35)4-10-23)39-33(26)27-15-30(38-32(25)27)24-11-5-21(18-36)6-12-24/h1-15H. The zero-order valence-electron chi connectivity index (χ0n) is 20.2. The van der Waals surface area contributed by atoms with Gasteiger partial charge in [-0.05, 0) is 71.3 Å². The van der Waals surface area contributed by atoms with Crippen LogP contribution in [0.2, 0.25) is 0 Å². The lowest BCUT2D eigenvalue weighted by atomic mass is 10.1. The average Bonchev–Trinajstić information content (AvgIpc) is 3.74. The number of hydrogen-bond donors (Lipinski definition) is 0. The fourth-order valence-electron chi connectivity index (χ4n) is 4.83. The lowest BCUT2D eigenvalue weighted by Gasteiger charge is -1.96. The Morgan fingerprint density at radius 1 is 0.385 bits per heavy atom. The first-order valence-corrected chi connectivity index (χ1v) is 14.5. The van der Waals surface area contributed by atoms with Gasteiger partial charge in [-0.3, -0.25) is 0 Å². The van der Waals surface area contributed by atoms with Crippen molar-refractivity contribution in [2.45, 2.75) is 0 Å². The minimum Gasteiger partial charge on any atom is -0.192 e. The molecule has 0 saturated carbocycles. The number of thiophene rings is 3. The molecule has 180 valence electrons. The molecule has 6 heteroatoms. The zero-order valence-corrected chi connectivity index (χ0v) is 22.7. The third-order valence-electron chi connectivity index (χ3n) is 6.83. The highest BCUT2D eigenvalue weighted by Gasteiger charge is 2.19. The van der Waals surface area contributed by atoms with Crippen LogP contribution in [0.5, 0.6) is 0 Å². The molecule has 0 spiro atoms. The molecule has 3 aromatic heterocycles. The molecule has 0 radical (unpaired) electrons. The lowest BCUT2D eigenvalue weighted by Crippen LogP contribution is -1.74. The molecule has 0 aliphatic carbocycles. The van der Waals surface area contributed by atoms with E-state index < -0.39 is 0 Å². The van der Waals surface area contributed by atoms with Gasteiger partial charge in [-0.2, -0.15) is 15.8 Å². The molecule has 0 amide bonds. The van der Waals surface area contributed by atoms with Gasteiger partial charge >= 0.3 is 0 Å². The summed E-state index contributed by atoms with van der Waals surface area (Å²) in [6.07, 6.45) is 0. The molecule has 4 aromatic carbocycles. The highest BCUT2D eigenvalue weighted by atomic mass is 32.1. The predicted octanol–water partition coefficient (Wildman–Crippen LogP) is 9.95. The lowest BCUT2D eigenvalue weighted by molar-refractivity contribution is 1.49. The first-order valence-electron chi connectivity index (χ1n) is 12.1. The van der Waals surface area contributed by atoms with Crippen molar-refractivity contribution in [3.05, 3.63) is 108 Å². The van der Waals surface area contributed by atoms with Crippen molar-refractivity contribution in [1.29, 1.82) is 15.8 Å². The Bertz CT molecular complexity index is 1820. The predicted molar refractivity (Wildman–Crippen MR) is 163 cm³/mol. The molecular weight excluding hydrogens is 535 g/mol. The van der Waals surface area contributed by atoms with Crippen LogP contribution in [0.15, 0.2) is 91.0 Å². The van der Waals surface area contributed by atoms with Gasteiger partial charge in [0.2, 0.25) is 0 Å². The van der Waals surface area contributed by atoms with Crippen molar-refractivity contribution in [2.75, 3.05) is 0 Å². The van der Waals surface area contributed by atoms with E-state index in [1.165, 1.54) is 44.9 Å². The molecule has 0 aliphatic heterocycles. The second kappa shape index (κ2) is 9.21. The summed E-state index contributed by atoms with van der Waals surface area (Å²) in [6.45, 7) is 0. The van der Waals surface area contributed by atoms with Gasteiger partial charge in [-0.1, -0.05) is 36.4 Å². The van der Waals surface area contributed by atoms with E-state index in [1.54, 1.807) is 34.0 Å². The Balaban J connectivity index is 1.49. The third kappa shape index (κ3) is 3.89. The molecule has 3 heterocycles. The molecule has 0 N–H and O–H groups in total. The van der Waals surface area contributed by atoms with Crippen LogP contribution < -0.4 is 0 Å². The number of fused-ring (bicyclic) bond motifs is 6. The maximum Gasteiger partial charge on any atom is 0.0991 e. The van der Waals surface area contributed by atoms with Crippen LogP contribution >= 0.6 is 34.0 Å². The van der Waals surface area contributed by atoms with Crippen molar-refractivity contribution in [3.63, 3.8) is 0 Å². The SMILES string of the molecule is N#Cc1ccc(-c2cc3c(s2)c2cc(-c4ccc(C#N)cc4)sc2c2cc(-c4ccc(C#N)cc4)sc32)cc1. The number of nitriles is 3. The van der Waals surface area contributed by atoms with Crippen molar-refractivity contribution in [1.82, 2.24) is 0 Å². The maximum absolute atomic E-state index is 9.22. The average molecular weight is 550 g/mol. The van der Waals surface area contributed by atoms with Crippen molar-refractivity contribution >= 4 is 64.3 Å². The second-order valence-corrected chi connectivity index (χ2v) is 12.3. The van der Waals surface area contributed by atoms with Gasteiger partial charge in [-0.25, -0.2) is 0 Å². The van der Waals surface area contributed by atoms with Crippen LogP contribution in [0.25, 0.3) is 61.6 Å². The van der Waals surface area contributed by atoms with Gasteiger partial charge in [-0.15, -0.1) is 34.0 Å². The molecule has 0 unspecified atom stereocenters. The first-order chi connectivity index (χ1) is 19.1. The van der Waals surface area contributed by atoms with E-state index in [-0.39, 0.29) is 0 Å². The topological polar surface area (TPSA) is 71.4 Å². The van der Waals surface area contributed by atoms with Gasteiger partial charge < -0.3 is 0 Å². The summed E-state index contributed by atoms with van der Waals surface area (Å²) in [5, 5.41) is 31.4. The summed E-state index contributed by atoms with van der Waals surface area (Å²) in [7, 11) is 0. The molecule has 0 aliphatic rings. The number of nitrogens with zero attached hydrogens (tertiary/aromatic N) is 3. The van der Waals surface area contributed by atoms with Crippen molar-refractivity contribution in [3.8, 4) is 49.5 Å². The highest BCUT2D eigenvalue weighted by molar-refractivity contribution is 7.29. The molecule has 0 atom stereocenters. The normalized spacial score (nSPS) is 11.0. The molecule has 3 nitrogen and oxygen atoms in total. The van der Waals surface area contributed by atoms with E-state index in [2.05, 4.69) is 36.4 Å². The highest BCUT2D eigenvalue weighted by Crippen LogP contribution is 2.50. The van der Waals surface area contributed by atoms with E-state index >= 15 is 0 Å². The van der Waals surface area contributed by atoms with Gasteiger partial charge in [0.15, 0.2) is 0 Å². The van der Waals surface area contributed by atoms with Gasteiger partial charge in [0.25, 0.3) is 0 Å². The Hall–Kier alpha value is -4.77. The van der Waals surface area contributed by atoms with Gasteiger partial charge in [0, 0.05) is 44.9 Å². The Morgan fingerprint density at radius 3 is 0.872 bits per heavy atom. The second-order valence-electron chi connectivity index (χ2n) is 9.13. The number of benzene rings is 4. The molecule has 0 saturated heterocycles. The van der Waals surface area contributed by atoms with Crippen LogP contribution in [0, 0.1) is 34.0 Å². The monoisotopic (exact) mass is 549 g/mol. The van der Waals surface area contributed by atoms with E-state index in [9.17, 15) is 15.8 Å². The van der Waals surface area contributed by atoms with Gasteiger partial charge in [0.1, 0.15) is 0 Å². The van der Waals surface area contributed by atoms with Crippen LogP contribution in [0.1, 0.15) is 16.7 Å². The largest absolute Gasteiger partial charge is 0.192 e. The van der Waals surface area contributed by atoms with Crippen LogP contribution in [0.4, 0.5) is 0 Å². The summed E-state index contributed by atoms with van der Waals surface area (Å²) in [5.74, 6) is 0. The minimum absolute atomic E-state index is 0.653. The van der Waals surface area contributed by atoms with Gasteiger partial charge in [0.05, 0.1) is 34.9 Å². The Labute approximate surface area is 236 Å². The van der Waals surface area contributed by atoms with Crippen LogP contribution in [-0.2, 0) is 0 Å². The minimum atomic E-state index is 0.653. The molecule has 7 aromatic rings. The van der Waals surface area contributed by atoms with Crippen LogP contribution in [0.3, 0.4) is 0 Å². The summed E-state index contributed by atoms with van der Waals surface area (Å²) < 4.78 is 3.75. The Kier molecular flexibility index (Phi) is 5.51. The third-order valence-corrected chi connectivity index (χ3v) is 10.5. The first kappa shape index (κ1) is 23.4. The number of rotatable bonds is 3. The fraction of sp³-hybridized carbons (Fsp3) is 0. The fourth-order valence-corrected chi connectivity index (χ4v) is 8.60. The zero-order chi connectivity index (χ0) is 26.5. The maximum atomic E-state index is 9.22. The van der Waals surface area contributed by atoms with E-state index in [0.717, 1.165) is 16.7 Å². The van der Waals surface area contributed by atoms with Crippen LogP contribution in [-0.4, -0.2) is 0 Å². The number of hydrogen-bond acceptors (Lipinski definition) is 6. The Morgan fingerprint density at radius 2 is 0.641 bits per heavy atom. The molecule has 0 bridgehead atoms. The van der Waals surface area contributed by atoms with Crippen molar-refractivity contribution < 1.29 is 0 Å². The quantitative estimate of drug-likeness (QED) is 0.220.